The molecule has 0 bridgehead atoms. The van der Waals surface area contributed by atoms with Gasteiger partial charge < -0.3 is 25.3 Å². The number of esters is 1. The molecule has 358 valence electrons. The number of rotatable bonds is 17. The molecule has 2 aliphatic rings. The number of fused-ring (bicyclic) bond motifs is 1. The molecule has 2 amide bonds. The second kappa shape index (κ2) is 21.4. The van der Waals surface area contributed by atoms with Crippen LogP contribution in [0.5, 0.6) is 0 Å². The Balaban J connectivity index is 1.03. The third kappa shape index (κ3) is 9.72. The van der Waals surface area contributed by atoms with E-state index in [1.165, 1.54) is 41.2 Å². The zero-order valence-electron chi connectivity index (χ0n) is 37.7. The summed E-state index contributed by atoms with van der Waals surface area (Å²) < 4.78 is 7.26. The van der Waals surface area contributed by atoms with Crippen LogP contribution in [0.15, 0.2) is 189 Å². The first-order valence-electron chi connectivity index (χ1n) is 22.2. The Morgan fingerprint density at radius 1 is 0.873 bits per heavy atom. The van der Waals surface area contributed by atoms with Crippen molar-refractivity contribution in [1.82, 2.24) is 30.0 Å². The van der Waals surface area contributed by atoms with Crippen LogP contribution in [0, 0.1) is 0 Å². The minimum absolute atomic E-state index is 0.0396. The molecule has 71 heavy (non-hydrogen) atoms. The number of oxime groups is 1. The lowest BCUT2D eigenvalue weighted by atomic mass is 9.77. The monoisotopic (exact) mass is 1000 g/mol. The van der Waals surface area contributed by atoms with Crippen LogP contribution >= 0.6 is 35.7 Å². The van der Waals surface area contributed by atoms with Crippen LogP contribution in [0.4, 0.5) is 5.13 Å². The third-order valence-electron chi connectivity index (χ3n) is 11.8. The number of nitrogens with one attached hydrogen (secondary N) is 3. The molecule has 7 aromatic rings. The van der Waals surface area contributed by atoms with Gasteiger partial charge in [-0.15, -0.1) is 35.7 Å². The second-order valence-electron chi connectivity index (χ2n) is 16.1. The summed E-state index contributed by atoms with van der Waals surface area (Å²) in [5.74, 6) is -2.24. The highest BCUT2D eigenvalue weighted by Crippen LogP contribution is 2.44. The number of ether oxygens (including phenoxy) is 1. The van der Waals surface area contributed by atoms with Gasteiger partial charge >= 0.3 is 17.1 Å². The van der Waals surface area contributed by atoms with E-state index in [4.69, 9.17) is 14.6 Å². The molecule has 4 heterocycles. The Kier molecular flexibility index (Phi) is 14.5. The molecule has 2 unspecified atom stereocenters. The van der Waals surface area contributed by atoms with Crippen molar-refractivity contribution < 1.29 is 29.1 Å². The second-order valence-corrected chi connectivity index (χ2v) is 18.5. The number of aliphatic hydroxyl groups is 1. The number of anilines is 1. The van der Waals surface area contributed by atoms with Gasteiger partial charge in [0.25, 0.3) is 11.8 Å². The lowest BCUT2D eigenvalue weighted by molar-refractivity contribution is -0.154. The standard InChI is InChI=1S/C52H44N8O8S3/c1-67-58-40(38-31-71-51(53-38)55-52(35-21-11-4-12-22-35,36-23-13-5-14-24-36)37-25-15-6-16-26-37)45(62)54-41-47(64)60-42(50(66)68-43(32-17-7-2-8-18-32)33-19-9-3-10-20-33)34(30-70-49(41)60)29-39(69)44-56-57-46(63)48(65)59(44)27-28-61/h2-26,29,31,41,43,49,61,69H,27-28,30H2,1H3,(H,53,55)(H,54,62)(H,57,63). The van der Waals surface area contributed by atoms with Gasteiger partial charge in [0.1, 0.15) is 35.5 Å². The highest BCUT2D eigenvalue weighted by molar-refractivity contribution is 8.00. The number of aliphatic hydroxyl groups excluding tert-OH is 1. The number of benzene rings is 5. The van der Waals surface area contributed by atoms with Crippen molar-refractivity contribution in [2.45, 2.75) is 29.6 Å². The molecule has 2 atom stereocenters. The number of hydrogen-bond acceptors (Lipinski definition) is 15. The highest BCUT2D eigenvalue weighted by Gasteiger charge is 2.55. The summed E-state index contributed by atoms with van der Waals surface area (Å²) >= 11 is 7.14. The quantitative estimate of drug-likeness (QED) is 0.0134. The molecule has 0 aliphatic carbocycles. The van der Waals surface area contributed by atoms with E-state index < -0.39 is 58.6 Å². The van der Waals surface area contributed by atoms with Crippen molar-refractivity contribution in [3.8, 4) is 0 Å². The van der Waals surface area contributed by atoms with Crippen LogP contribution in [-0.2, 0) is 36.0 Å². The van der Waals surface area contributed by atoms with Crippen LogP contribution in [0.2, 0.25) is 0 Å². The normalized spacial score (nSPS) is 16.0. The van der Waals surface area contributed by atoms with Gasteiger partial charge in [-0.1, -0.05) is 157 Å². The summed E-state index contributed by atoms with van der Waals surface area (Å²) in [7, 11) is 1.30. The van der Waals surface area contributed by atoms with E-state index in [9.17, 15) is 29.1 Å². The number of aromatic amines is 1. The van der Waals surface area contributed by atoms with Gasteiger partial charge in [0, 0.05) is 16.0 Å². The predicted octanol–water partition coefficient (Wildman–Crippen LogP) is 6.09. The Morgan fingerprint density at radius 3 is 1.96 bits per heavy atom. The molecule has 0 spiro atoms. The van der Waals surface area contributed by atoms with Crippen LogP contribution in [0.3, 0.4) is 0 Å². The summed E-state index contributed by atoms with van der Waals surface area (Å²) in [5.41, 5.74) is 1.43. The highest BCUT2D eigenvalue weighted by atomic mass is 32.2. The molecule has 1 fully saturated rings. The van der Waals surface area contributed by atoms with Gasteiger partial charge in [-0.05, 0) is 39.5 Å². The first-order chi connectivity index (χ1) is 34.6. The Labute approximate surface area is 420 Å². The zero-order chi connectivity index (χ0) is 49.5. The molecule has 2 aliphatic heterocycles. The smallest absolute Gasteiger partial charge is 0.356 e. The van der Waals surface area contributed by atoms with Crippen molar-refractivity contribution in [3.63, 3.8) is 0 Å². The molecule has 0 saturated carbocycles. The number of β-lactam (4-membered cyclic amide) rings is 1. The molecule has 19 heteroatoms. The fourth-order valence-corrected chi connectivity index (χ4v) is 10.9. The number of nitrogens with zero attached hydrogens (tertiary/aromatic N) is 5. The van der Waals surface area contributed by atoms with E-state index in [1.807, 2.05) is 152 Å². The Bertz CT molecular complexity index is 3140. The van der Waals surface area contributed by atoms with Gasteiger partial charge in [0.05, 0.1) is 13.2 Å². The van der Waals surface area contributed by atoms with Gasteiger partial charge in [0.15, 0.2) is 22.8 Å². The van der Waals surface area contributed by atoms with E-state index in [0.717, 1.165) is 21.3 Å². The fraction of sp³-hybridized carbons (Fsp3) is 0.154. The average molecular weight is 1010 g/mol. The summed E-state index contributed by atoms with van der Waals surface area (Å²) in [5, 5.41) is 27.8. The predicted molar refractivity (Wildman–Crippen MR) is 275 cm³/mol. The summed E-state index contributed by atoms with van der Waals surface area (Å²) in [6.45, 7) is -0.750. The van der Waals surface area contributed by atoms with Crippen molar-refractivity contribution in [2.24, 2.45) is 5.16 Å². The summed E-state index contributed by atoms with van der Waals surface area (Å²) in [6, 6.07) is 47.0. The number of amides is 2. The first-order valence-corrected chi connectivity index (χ1v) is 24.5. The summed E-state index contributed by atoms with van der Waals surface area (Å²) in [4.78, 5) is 79.9. The number of H-pyrrole nitrogens is 1. The van der Waals surface area contributed by atoms with Crippen LogP contribution < -0.4 is 21.8 Å². The number of carbonyl (C=O) groups excluding carboxylic acids is 3. The van der Waals surface area contributed by atoms with Gasteiger partial charge in [0.2, 0.25) is 0 Å². The van der Waals surface area contributed by atoms with Gasteiger partial charge in [-0.2, -0.15) is 5.10 Å². The average Bonchev–Trinajstić information content (AvgIpc) is 3.88. The number of aromatic nitrogens is 4. The molecule has 9 rings (SSSR count). The van der Waals surface area contributed by atoms with Crippen molar-refractivity contribution in [1.29, 1.82) is 0 Å². The van der Waals surface area contributed by atoms with Crippen molar-refractivity contribution in [3.05, 3.63) is 234 Å². The lowest BCUT2D eigenvalue weighted by Gasteiger charge is -2.49. The number of thioether (sulfide) groups is 1. The number of carbonyl (C=O) groups is 3. The molecule has 4 N–H and O–H groups in total. The third-order valence-corrected chi connectivity index (χ3v) is 14.2. The van der Waals surface area contributed by atoms with E-state index >= 15 is 0 Å². The van der Waals surface area contributed by atoms with E-state index in [2.05, 4.69) is 38.6 Å². The molecular formula is C52H44N8O8S3. The molecule has 16 nitrogen and oxygen atoms in total. The van der Waals surface area contributed by atoms with Crippen molar-refractivity contribution in [2.75, 3.05) is 24.8 Å². The Hall–Kier alpha value is -7.84. The van der Waals surface area contributed by atoms with E-state index in [-0.39, 0.29) is 45.7 Å². The topological polar surface area (TPSA) is 210 Å². The minimum Gasteiger partial charge on any atom is -0.448 e. The van der Waals surface area contributed by atoms with E-state index in [0.29, 0.717) is 16.3 Å². The van der Waals surface area contributed by atoms with Crippen molar-refractivity contribution >= 4 is 69.3 Å². The fourth-order valence-electron chi connectivity index (χ4n) is 8.54. The maximum absolute atomic E-state index is 14.7. The first kappa shape index (κ1) is 48.2. The Morgan fingerprint density at radius 2 is 1.42 bits per heavy atom. The molecular weight excluding hydrogens is 961 g/mol. The number of hydrogen-bond donors (Lipinski definition) is 5. The minimum atomic E-state index is -1.13. The van der Waals surface area contributed by atoms with Crippen LogP contribution in [-0.4, -0.2) is 84.1 Å². The van der Waals surface area contributed by atoms with E-state index in [1.54, 1.807) is 5.38 Å². The largest absolute Gasteiger partial charge is 0.448 e. The molecule has 0 radical (unpaired) electrons. The maximum atomic E-state index is 14.7. The van der Waals surface area contributed by atoms with Gasteiger partial charge in [-0.25, -0.2) is 14.9 Å². The molecule has 2 aromatic heterocycles. The lowest BCUT2D eigenvalue weighted by Crippen LogP contribution is -2.71. The maximum Gasteiger partial charge on any atom is 0.356 e. The summed E-state index contributed by atoms with van der Waals surface area (Å²) in [6.07, 6.45) is 0.562. The molecule has 1 saturated heterocycles. The van der Waals surface area contributed by atoms with Crippen LogP contribution in [0.25, 0.3) is 4.91 Å². The number of thiazole rings is 1. The zero-order valence-corrected chi connectivity index (χ0v) is 40.3. The van der Waals surface area contributed by atoms with Gasteiger partial charge in [-0.3, -0.25) is 28.6 Å². The number of thiol groups is 1. The van der Waals surface area contributed by atoms with Crippen LogP contribution in [0.1, 0.15) is 45.4 Å². The SMILES string of the molecule is CON=C(C(=O)NC1C(=O)N2C(C(=O)OC(c3ccccc3)c3ccccc3)=C(C=C(S)c3n[nH]c(=O)c(=O)n3CCO)CSC12)c1csc(NC(c2ccccc2)(c2ccccc2)c2ccccc2)n1. The number of allylic oxidation sites excluding steroid dienone is 1. The molecule has 5 aromatic carbocycles.